The van der Waals surface area contributed by atoms with Crippen molar-refractivity contribution in [1.29, 1.82) is 0 Å². The molecule has 0 bridgehead atoms. The number of Topliss-reactive ketones (excluding diaryl/α,β-unsaturated/α-hetero) is 1. The van der Waals surface area contributed by atoms with Gasteiger partial charge >= 0.3 is 0 Å². The van der Waals surface area contributed by atoms with Gasteiger partial charge in [-0.3, -0.25) is 4.79 Å². The van der Waals surface area contributed by atoms with Crippen molar-refractivity contribution >= 4 is 14.8 Å². The van der Waals surface area contributed by atoms with E-state index >= 15 is 0 Å². The van der Waals surface area contributed by atoms with Gasteiger partial charge in [-0.15, -0.1) is 0 Å². The van der Waals surface area contributed by atoms with Gasteiger partial charge < -0.3 is 4.43 Å². The summed E-state index contributed by atoms with van der Waals surface area (Å²) in [6.07, 6.45) is 1.53. The predicted molar refractivity (Wildman–Crippen MR) is 96.8 cm³/mol. The largest absolute Gasteiger partial charge is 0.413 e. The molecule has 0 radical (unpaired) electrons. The standard InChI is InChI=1S/C19H32O2Si/c1-14(2)17(20)13-12-15-10-8-9-11-16(15)18(19(3,4)5)21-22(6)7/h8-11,14,18,22H,12-13H2,1-7H3. The van der Waals surface area contributed by atoms with Crippen LogP contribution < -0.4 is 0 Å². The quantitative estimate of drug-likeness (QED) is 0.666. The molecule has 0 aliphatic carbocycles. The Morgan fingerprint density at radius 1 is 1.18 bits per heavy atom. The van der Waals surface area contributed by atoms with Gasteiger partial charge in [0.25, 0.3) is 0 Å². The Kier molecular flexibility index (Phi) is 7.01. The second kappa shape index (κ2) is 8.07. The minimum atomic E-state index is -1.14. The zero-order valence-electron chi connectivity index (χ0n) is 15.3. The molecule has 0 saturated heterocycles. The summed E-state index contributed by atoms with van der Waals surface area (Å²) in [6.45, 7) is 15.0. The summed E-state index contributed by atoms with van der Waals surface area (Å²) < 4.78 is 6.35. The molecule has 22 heavy (non-hydrogen) atoms. The van der Waals surface area contributed by atoms with E-state index in [1.807, 2.05) is 13.8 Å². The zero-order chi connectivity index (χ0) is 16.9. The van der Waals surface area contributed by atoms with Crippen molar-refractivity contribution in [2.24, 2.45) is 11.3 Å². The van der Waals surface area contributed by atoms with Gasteiger partial charge in [-0.05, 0) is 36.1 Å². The molecule has 3 heteroatoms. The summed E-state index contributed by atoms with van der Waals surface area (Å²) >= 11 is 0. The van der Waals surface area contributed by atoms with E-state index in [2.05, 4.69) is 58.1 Å². The van der Waals surface area contributed by atoms with Crippen LogP contribution >= 0.6 is 0 Å². The van der Waals surface area contributed by atoms with Crippen LogP contribution in [-0.2, 0) is 15.6 Å². The van der Waals surface area contributed by atoms with Gasteiger partial charge in [0.1, 0.15) is 5.78 Å². The summed E-state index contributed by atoms with van der Waals surface area (Å²) in [5, 5.41) is 0. The lowest BCUT2D eigenvalue weighted by Crippen LogP contribution is -2.27. The van der Waals surface area contributed by atoms with E-state index in [1.165, 1.54) is 11.1 Å². The second-order valence-electron chi connectivity index (χ2n) is 7.75. The highest BCUT2D eigenvalue weighted by molar-refractivity contribution is 6.48. The smallest absolute Gasteiger partial charge is 0.171 e. The Hall–Kier alpha value is -0.933. The fraction of sp³-hybridized carbons (Fsp3) is 0.632. The summed E-state index contributed by atoms with van der Waals surface area (Å²) in [7, 11) is -1.14. The maximum absolute atomic E-state index is 11.9. The van der Waals surface area contributed by atoms with Crippen LogP contribution in [0.4, 0.5) is 0 Å². The Morgan fingerprint density at radius 3 is 2.27 bits per heavy atom. The van der Waals surface area contributed by atoms with E-state index in [0.717, 1.165) is 6.42 Å². The van der Waals surface area contributed by atoms with Crippen molar-refractivity contribution in [3.05, 3.63) is 35.4 Å². The molecule has 0 spiro atoms. The molecule has 0 aliphatic rings. The van der Waals surface area contributed by atoms with Crippen LogP contribution in [0, 0.1) is 11.3 Å². The van der Waals surface area contributed by atoms with E-state index < -0.39 is 9.04 Å². The van der Waals surface area contributed by atoms with Crippen LogP contribution in [0.2, 0.25) is 13.1 Å². The number of aryl methyl sites for hydroxylation is 1. The monoisotopic (exact) mass is 320 g/mol. The first-order chi connectivity index (χ1) is 10.1. The van der Waals surface area contributed by atoms with E-state index in [1.54, 1.807) is 0 Å². The van der Waals surface area contributed by atoms with Crippen molar-refractivity contribution in [1.82, 2.24) is 0 Å². The number of ketones is 1. The Balaban J connectivity index is 3.04. The molecule has 0 saturated carbocycles. The lowest BCUT2D eigenvalue weighted by atomic mass is 9.82. The number of carbonyl (C=O) groups excluding carboxylic acids is 1. The summed E-state index contributed by atoms with van der Waals surface area (Å²) in [5.74, 6) is 0.450. The number of hydrogen-bond donors (Lipinski definition) is 0. The fourth-order valence-corrected chi connectivity index (χ4v) is 3.68. The van der Waals surface area contributed by atoms with Crippen molar-refractivity contribution in [2.45, 2.75) is 66.7 Å². The first-order valence-electron chi connectivity index (χ1n) is 8.39. The van der Waals surface area contributed by atoms with Crippen molar-refractivity contribution in [3.8, 4) is 0 Å². The molecule has 0 aromatic heterocycles. The molecule has 1 unspecified atom stereocenters. The van der Waals surface area contributed by atoms with Crippen molar-refractivity contribution in [2.75, 3.05) is 0 Å². The van der Waals surface area contributed by atoms with Gasteiger partial charge in [0.15, 0.2) is 9.04 Å². The Bertz CT molecular complexity index is 486. The highest BCUT2D eigenvalue weighted by Crippen LogP contribution is 2.38. The fourth-order valence-electron chi connectivity index (χ4n) is 2.58. The van der Waals surface area contributed by atoms with Crippen LogP contribution in [0.3, 0.4) is 0 Å². The molecule has 0 amide bonds. The third-order valence-corrected chi connectivity index (χ3v) is 4.63. The molecular formula is C19H32O2Si. The van der Waals surface area contributed by atoms with Crippen LogP contribution in [0.25, 0.3) is 0 Å². The maximum atomic E-state index is 11.9. The van der Waals surface area contributed by atoms with Gasteiger partial charge in [0.2, 0.25) is 0 Å². The van der Waals surface area contributed by atoms with Gasteiger partial charge in [0, 0.05) is 12.3 Å². The van der Waals surface area contributed by atoms with Crippen LogP contribution in [0.5, 0.6) is 0 Å². The minimum Gasteiger partial charge on any atom is -0.413 e. The average molecular weight is 321 g/mol. The molecule has 1 atom stereocenters. The third-order valence-electron chi connectivity index (χ3n) is 3.82. The predicted octanol–water partition coefficient (Wildman–Crippen LogP) is 4.93. The van der Waals surface area contributed by atoms with Gasteiger partial charge in [-0.1, -0.05) is 58.9 Å². The van der Waals surface area contributed by atoms with Crippen LogP contribution in [0.1, 0.15) is 58.3 Å². The Labute approximate surface area is 138 Å². The lowest BCUT2D eigenvalue weighted by molar-refractivity contribution is -0.121. The third kappa shape index (κ3) is 5.69. The second-order valence-corrected chi connectivity index (χ2v) is 10.1. The molecular weight excluding hydrogens is 288 g/mol. The number of benzene rings is 1. The first-order valence-corrected chi connectivity index (χ1v) is 11.2. The number of rotatable bonds is 7. The van der Waals surface area contributed by atoms with Gasteiger partial charge in [0.05, 0.1) is 6.10 Å². The van der Waals surface area contributed by atoms with Gasteiger partial charge in [-0.2, -0.15) is 0 Å². The molecule has 1 aromatic carbocycles. The van der Waals surface area contributed by atoms with Crippen LogP contribution in [-0.4, -0.2) is 14.8 Å². The van der Waals surface area contributed by atoms with Crippen LogP contribution in [0.15, 0.2) is 24.3 Å². The number of hydrogen-bond acceptors (Lipinski definition) is 2. The maximum Gasteiger partial charge on any atom is 0.171 e. The number of carbonyl (C=O) groups is 1. The Morgan fingerprint density at radius 2 is 1.77 bits per heavy atom. The van der Waals surface area contributed by atoms with E-state index in [9.17, 15) is 4.79 Å². The molecule has 2 nitrogen and oxygen atoms in total. The van der Waals surface area contributed by atoms with E-state index in [4.69, 9.17) is 4.43 Å². The molecule has 0 aliphatic heterocycles. The SMILES string of the molecule is CC(C)C(=O)CCc1ccccc1C(O[SiH](C)C)C(C)(C)C. The molecule has 1 aromatic rings. The highest BCUT2D eigenvalue weighted by Gasteiger charge is 2.29. The minimum absolute atomic E-state index is 0.0510. The lowest BCUT2D eigenvalue weighted by Gasteiger charge is -2.34. The van der Waals surface area contributed by atoms with Crippen molar-refractivity contribution in [3.63, 3.8) is 0 Å². The first kappa shape index (κ1) is 19.1. The normalized spacial score (nSPS) is 13.7. The highest BCUT2D eigenvalue weighted by atomic mass is 28.3. The zero-order valence-corrected chi connectivity index (χ0v) is 16.4. The molecule has 0 heterocycles. The molecule has 1 rings (SSSR count). The van der Waals surface area contributed by atoms with Gasteiger partial charge in [-0.25, -0.2) is 0 Å². The molecule has 124 valence electrons. The molecule has 0 N–H and O–H groups in total. The topological polar surface area (TPSA) is 26.3 Å². The summed E-state index contributed by atoms with van der Waals surface area (Å²) in [5.41, 5.74) is 2.56. The van der Waals surface area contributed by atoms with Crippen molar-refractivity contribution < 1.29 is 9.22 Å². The molecule has 0 fully saturated rings. The summed E-state index contributed by atoms with van der Waals surface area (Å²) in [6, 6.07) is 8.45. The van der Waals surface area contributed by atoms with E-state index in [-0.39, 0.29) is 17.4 Å². The van der Waals surface area contributed by atoms with E-state index in [0.29, 0.717) is 12.2 Å². The summed E-state index contributed by atoms with van der Waals surface area (Å²) in [4.78, 5) is 11.9. The average Bonchev–Trinajstić information content (AvgIpc) is 2.41.